The summed E-state index contributed by atoms with van der Waals surface area (Å²) in [6, 6.07) is 18.0. The zero-order valence-electron chi connectivity index (χ0n) is 17.2. The van der Waals surface area contributed by atoms with Crippen LogP contribution in [0.1, 0.15) is 16.1 Å². The molecule has 0 amide bonds. The van der Waals surface area contributed by atoms with Crippen LogP contribution in [0.25, 0.3) is 11.1 Å². The molecule has 8 heteroatoms. The average molecular weight is 468 g/mol. The minimum absolute atomic E-state index is 0.298. The number of nitrogens with zero attached hydrogens (tertiary/aromatic N) is 3. The maximum absolute atomic E-state index is 12.8. The molecule has 0 aliphatic heterocycles. The van der Waals surface area contributed by atoms with Gasteiger partial charge in [-0.15, -0.1) is 0 Å². The number of aryl methyl sites for hydroxylation is 1. The maximum Gasteiger partial charge on any atom is 0.346 e. The highest BCUT2D eigenvalue weighted by atomic mass is 35.5. The van der Waals surface area contributed by atoms with Crippen LogP contribution in [-0.2, 0) is 6.54 Å². The summed E-state index contributed by atoms with van der Waals surface area (Å²) in [5.74, 6) is 0.505. The topological polar surface area (TPSA) is 66.2 Å². The van der Waals surface area contributed by atoms with Gasteiger partial charge in [0.1, 0.15) is 12.4 Å². The zero-order valence-corrected chi connectivity index (χ0v) is 18.7. The van der Waals surface area contributed by atoms with Crippen molar-refractivity contribution < 1.29 is 14.3 Å². The summed E-state index contributed by atoms with van der Waals surface area (Å²) in [4.78, 5) is 16.8. The second kappa shape index (κ2) is 9.85. The Balaban J connectivity index is 1.67. The van der Waals surface area contributed by atoms with Gasteiger partial charge in [0.25, 0.3) is 0 Å². The van der Waals surface area contributed by atoms with E-state index < -0.39 is 5.97 Å². The van der Waals surface area contributed by atoms with Crippen molar-refractivity contribution in [1.82, 2.24) is 14.8 Å². The Hall–Kier alpha value is -3.35. The summed E-state index contributed by atoms with van der Waals surface area (Å²) in [5.41, 5.74) is 2.40. The van der Waals surface area contributed by atoms with Crippen LogP contribution in [0.4, 0.5) is 0 Å². The lowest BCUT2D eigenvalue weighted by Crippen LogP contribution is -2.16. The van der Waals surface area contributed by atoms with Gasteiger partial charge in [0.15, 0.2) is 0 Å². The van der Waals surface area contributed by atoms with Gasteiger partial charge in [-0.2, -0.15) is 5.10 Å². The largest absolute Gasteiger partial charge is 0.492 e. The molecule has 4 rings (SSSR count). The number of hydrogen-bond donors (Lipinski definition) is 0. The lowest BCUT2D eigenvalue weighted by Gasteiger charge is -2.12. The summed E-state index contributed by atoms with van der Waals surface area (Å²) in [6.45, 7) is 2.55. The molecule has 0 fully saturated rings. The number of ether oxygens (including phenoxy) is 2. The third kappa shape index (κ3) is 4.93. The molecular weight excluding hydrogens is 449 g/mol. The predicted molar refractivity (Wildman–Crippen MR) is 124 cm³/mol. The van der Waals surface area contributed by atoms with Crippen molar-refractivity contribution >= 4 is 29.2 Å². The molecular formula is C24H19Cl2N3O3. The van der Waals surface area contributed by atoms with Crippen LogP contribution in [0, 0.1) is 6.92 Å². The van der Waals surface area contributed by atoms with Crippen LogP contribution >= 0.6 is 23.2 Å². The zero-order chi connectivity index (χ0) is 22.5. The van der Waals surface area contributed by atoms with Gasteiger partial charge in [-0.25, -0.2) is 9.48 Å². The number of pyridine rings is 1. The van der Waals surface area contributed by atoms with E-state index in [9.17, 15) is 4.79 Å². The number of benzene rings is 2. The minimum Gasteiger partial charge on any atom is -0.492 e. The number of carbonyl (C=O) groups is 1. The van der Waals surface area contributed by atoms with Crippen LogP contribution < -0.4 is 9.47 Å². The fourth-order valence-electron chi connectivity index (χ4n) is 3.20. The average Bonchev–Trinajstić information content (AvgIpc) is 3.11. The van der Waals surface area contributed by atoms with E-state index >= 15 is 0 Å². The lowest BCUT2D eigenvalue weighted by atomic mass is 10.1. The smallest absolute Gasteiger partial charge is 0.346 e. The van der Waals surface area contributed by atoms with E-state index in [-0.39, 0.29) is 0 Å². The molecule has 2 heterocycles. The molecule has 0 spiro atoms. The Labute approximate surface area is 195 Å². The first-order valence-corrected chi connectivity index (χ1v) is 10.6. The first-order chi connectivity index (χ1) is 15.5. The molecule has 0 saturated carbocycles. The molecule has 162 valence electrons. The van der Waals surface area contributed by atoms with Gasteiger partial charge in [-0.3, -0.25) is 4.98 Å². The lowest BCUT2D eigenvalue weighted by molar-refractivity contribution is 0.0716. The number of para-hydroxylation sites is 1. The quantitative estimate of drug-likeness (QED) is 0.318. The van der Waals surface area contributed by atoms with E-state index in [0.717, 1.165) is 11.3 Å². The fraction of sp³-hybridized carbons (Fsp3) is 0.125. The molecule has 0 N–H and O–H groups in total. The van der Waals surface area contributed by atoms with E-state index in [2.05, 4.69) is 10.1 Å². The Kier molecular flexibility index (Phi) is 6.73. The normalized spacial score (nSPS) is 10.7. The van der Waals surface area contributed by atoms with Crippen molar-refractivity contribution in [3.63, 3.8) is 0 Å². The Morgan fingerprint density at radius 2 is 1.84 bits per heavy atom. The molecule has 0 aliphatic carbocycles. The van der Waals surface area contributed by atoms with Gasteiger partial charge in [-0.1, -0.05) is 47.5 Å². The molecule has 0 saturated heterocycles. The predicted octanol–water partition coefficient (Wildman–Crippen LogP) is 5.86. The van der Waals surface area contributed by atoms with Crippen molar-refractivity contribution in [3.05, 3.63) is 94.4 Å². The number of carbonyl (C=O) groups excluding carboxylic acids is 1. The summed E-state index contributed by atoms with van der Waals surface area (Å²) < 4.78 is 13.2. The third-order valence-electron chi connectivity index (χ3n) is 4.69. The third-order valence-corrected chi connectivity index (χ3v) is 5.43. The molecule has 0 atom stereocenters. The van der Waals surface area contributed by atoms with Gasteiger partial charge in [0.05, 0.1) is 33.4 Å². The van der Waals surface area contributed by atoms with E-state index in [1.54, 1.807) is 35.1 Å². The molecule has 2 aromatic carbocycles. The molecule has 2 aromatic heterocycles. The Morgan fingerprint density at radius 3 is 2.56 bits per heavy atom. The van der Waals surface area contributed by atoms with Crippen LogP contribution in [0.2, 0.25) is 10.0 Å². The van der Waals surface area contributed by atoms with Crippen molar-refractivity contribution in [2.75, 3.05) is 6.61 Å². The highest BCUT2D eigenvalue weighted by Gasteiger charge is 2.22. The second-order valence-electron chi connectivity index (χ2n) is 6.91. The van der Waals surface area contributed by atoms with Gasteiger partial charge < -0.3 is 9.47 Å². The van der Waals surface area contributed by atoms with Gasteiger partial charge in [-0.05, 0) is 48.9 Å². The van der Waals surface area contributed by atoms with Crippen LogP contribution in [0.5, 0.6) is 11.6 Å². The van der Waals surface area contributed by atoms with Crippen LogP contribution in [-0.4, -0.2) is 27.3 Å². The molecule has 0 unspecified atom stereocenters. The second-order valence-corrected chi connectivity index (χ2v) is 7.72. The molecule has 6 nitrogen and oxygen atoms in total. The minimum atomic E-state index is -0.537. The highest BCUT2D eigenvalue weighted by Crippen LogP contribution is 2.37. The van der Waals surface area contributed by atoms with Gasteiger partial charge in [0.2, 0.25) is 5.88 Å². The summed E-state index contributed by atoms with van der Waals surface area (Å²) in [6.07, 6.45) is 3.04. The van der Waals surface area contributed by atoms with Crippen molar-refractivity contribution in [2.45, 2.75) is 13.5 Å². The molecule has 0 bridgehead atoms. The fourth-order valence-corrected chi connectivity index (χ4v) is 3.49. The number of hydrogen-bond acceptors (Lipinski definition) is 5. The maximum atomic E-state index is 12.8. The molecule has 4 aromatic rings. The Morgan fingerprint density at radius 1 is 1.03 bits per heavy atom. The molecule has 0 aliphatic rings. The van der Waals surface area contributed by atoms with Gasteiger partial charge >= 0.3 is 5.97 Å². The number of halogens is 2. The standard InChI is InChI=1S/C24H19Cl2N3O3/c1-16-22(17-9-10-20(25)21(26)14-17)23(32-24(30)18-6-5-11-27-15-18)29(28-16)12-13-31-19-7-3-2-4-8-19/h2-11,14-15H,12-13H2,1H3. The van der Waals surface area contributed by atoms with E-state index in [4.69, 9.17) is 32.7 Å². The van der Waals surface area contributed by atoms with E-state index in [0.29, 0.717) is 45.9 Å². The summed E-state index contributed by atoms with van der Waals surface area (Å²) in [5, 5.41) is 5.42. The van der Waals surface area contributed by atoms with Crippen molar-refractivity contribution in [1.29, 1.82) is 0 Å². The number of esters is 1. The molecule has 0 radical (unpaired) electrons. The number of aromatic nitrogens is 3. The highest BCUT2D eigenvalue weighted by molar-refractivity contribution is 6.42. The Bertz CT molecular complexity index is 1230. The monoisotopic (exact) mass is 467 g/mol. The van der Waals surface area contributed by atoms with E-state index in [1.807, 2.05) is 43.3 Å². The number of rotatable bonds is 7. The van der Waals surface area contributed by atoms with Crippen LogP contribution in [0.3, 0.4) is 0 Å². The summed E-state index contributed by atoms with van der Waals surface area (Å²) in [7, 11) is 0. The van der Waals surface area contributed by atoms with Crippen molar-refractivity contribution in [3.8, 4) is 22.8 Å². The van der Waals surface area contributed by atoms with Crippen molar-refractivity contribution in [2.24, 2.45) is 0 Å². The first-order valence-electron chi connectivity index (χ1n) is 9.86. The summed E-state index contributed by atoms with van der Waals surface area (Å²) >= 11 is 12.3. The van der Waals surface area contributed by atoms with Crippen LogP contribution in [0.15, 0.2) is 73.1 Å². The van der Waals surface area contributed by atoms with Gasteiger partial charge in [0, 0.05) is 12.4 Å². The first kappa shape index (κ1) is 21.9. The SMILES string of the molecule is Cc1nn(CCOc2ccccc2)c(OC(=O)c2cccnc2)c1-c1ccc(Cl)c(Cl)c1. The molecule has 32 heavy (non-hydrogen) atoms. The van der Waals surface area contributed by atoms with E-state index in [1.165, 1.54) is 6.20 Å².